The predicted molar refractivity (Wildman–Crippen MR) is 95.6 cm³/mol. The first-order valence-corrected chi connectivity index (χ1v) is 10.3. The van der Waals surface area contributed by atoms with Gasteiger partial charge in [0.25, 0.3) is 0 Å². The molecule has 2 aromatic rings. The molecule has 0 spiro atoms. The van der Waals surface area contributed by atoms with Crippen LogP contribution < -0.4 is 4.74 Å². The van der Waals surface area contributed by atoms with Gasteiger partial charge in [0.05, 0.1) is 11.4 Å². The smallest absolute Gasteiger partial charge is 0.127 e. The first-order valence-electron chi connectivity index (χ1n) is 7.01. The van der Waals surface area contributed by atoms with E-state index in [1.54, 1.807) is 4.88 Å². The Morgan fingerprint density at radius 3 is 2.95 bits per heavy atom. The maximum atomic E-state index is 6.28. The topological polar surface area (TPSA) is 9.23 Å². The number of thiophene rings is 1. The van der Waals surface area contributed by atoms with Gasteiger partial charge < -0.3 is 4.74 Å². The molecule has 0 saturated carbocycles. The van der Waals surface area contributed by atoms with Crippen molar-refractivity contribution in [3.8, 4) is 5.75 Å². The highest BCUT2D eigenvalue weighted by molar-refractivity contribution is 9.09. The molecule has 21 heavy (non-hydrogen) atoms. The highest BCUT2D eigenvalue weighted by Crippen LogP contribution is 2.45. The molecule has 4 rings (SSSR count). The Hall–Kier alpha value is -0.160. The van der Waals surface area contributed by atoms with Crippen molar-refractivity contribution in [2.24, 2.45) is 0 Å². The van der Waals surface area contributed by atoms with E-state index in [0.29, 0.717) is 0 Å². The van der Waals surface area contributed by atoms with E-state index in [2.05, 4.69) is 22.0 Å². The average Bonchev–Trinajstić information content (AvgIpc) is 3.11. The van der Waals surface area contributed by atoms with Gasteiger partial charge in [0, 0.05) is 32.5 Å². The van der Waals surface area contributed by atoms with Gasteiger partial charge in [-0.15, -0.1) is 11.3 Å². The monoisotopic (exact) mass is 400 g/mol. The zero-order valence-electron chi connectivity index (χ0n) is 11.3. The molecular weight excluding hydrogens is 388 g/mol. The molecule has 1 unspecified atom stereocenters. The summed E-state index contributed by atoms with van der Waals surface area (Å²) in [7, 11) is 0. The third-order valence-electron chi connectivity index (χ3n) is 3.95. The molecule has 1 aromatic heterocycles. The quantitative estimate of drug-likeness (QED) is 0.605. The minimum Gasteiger partial charge on any atom is -0.493 e. The number of ether oxygens (including phenoxy) is 1. The number of alkyl halides is 1. The minimum atomic E-state index is 0.170. The second-order valence-corrected chi connectivity index (χ2v) is 8.97. The fourth-order valence-corrected chi connectivity index (χ4v) is 6.31. The zero-order valence-corrected chi connectivity index (χ0v) is 15.3. The molecule has 1 aromatic carbocycles. The summed E-state index contributed by atoms with van der Waals surface area (Å²) >= 11 is 14.1. The van der Waals surface area contributed by atoms with Crippen molar-refractivity contribution in [1.29, 1.82) is 0 Å². The van der Waals surface area contributed by atoms with Crippen LogP contribution in [0.3, 0.4) is 0 Å². The van der Waals surface area contributed by atoms with Gasteiger partial charge in [-0.25, -0.2) is 0 Å². The van der Waals surface area contributed by atoms with Crippen LogP contribution in [0.15, 0.2) is 18.2 Å². The van der Waals surface area contributed by atoms with E-state index >= 15 is 0 Å². The van der Waals surface area contributed by atoms with Crippen molar-refractivity contribution >= 4 is 50.6 Å². The second kappa shape index (κ2) is 5.80. The van der Waals surface area contributed by atoms with Crippen molar-refractivity contribution in [2.45, 2.75) is 23.4 Å². The number of hydrogen-bond acceptors (Lipinski definition) is 3. The Bertz CT molecular complexity index is 674. The lowest BCUT2D eigenvalue weighted by Gasteiger charge is -2.13. The molecule has 0 bridgehead atoms. The molecule has 0 saturated heterocycles. The summed E-state index contributed by atoms with van der Waals surface area (Å²) in [6.07, 6.45) is 2.16. The van der Waals surface area contributed by atoms with Crippen LogP contribution in [0, 0.1) is 0 Å². The number of halogens is 2. The fourth-order valence-electron chi connectivity index (χ4n) is 2.93. The molecule has 1 atom stereocenters. The van der Waals surface area contributed by atoms with E-state index in [9.17, 15) is 0 Å². The van der Waals surface area contributed by atoms with Gasteiger partial charge in [-0.05, 0) is 41.5 Å². The van der Waals surface area contributed by atoms with Crippen molar-refractivity contribution in [2.75, 3.05) is 12.4 Å². The molecule has 110 valence electrons. The summed E-state index contributed by atoms with van der Waals surface area (Å²) in [5.41, 5.74) is 3.91. The SMILES string of the molecule is Clc1cc2c(c(C(Br)c3cc4c(s3)CCSC4)c1)OCC2. The third-order valence-corrected chi connectivity index (χ3v) is 7.76. The zero-order chi connectivity index (χ0) is 14.4. The highest BCUT2D eigenvalue weighted by Gasteiger charge is 2.25. The number of hydrogen-bond donors (Lipinski definition) is 0. The summed E-state index contributed by atoms with van der Waals surface area (Å²) in [6, 6.07) is 6.43. The molecule has 0 amide bonds. The molecule has 2 aliphatic heterocycles. The van der Waals surface area contributed by atoms with Crippen molar-refractivity contribution in [1.82, 2.24) is 0 Å². The predicted octanol–water partition coefficient (Wildman–Crippen LogP) is 5.61. The largest absolute Gasteiger partial charge is 0.493 e. The van der Waals surface area contributed by atoms with Gasteiger partial charge in [-0.2, -0.15) is 11.8 Å². The Balaban J connectivity index is 1.75. The number of thioether (sulfide) groups is 1. The average molecular weight is 402 g/mol. The summed E-state index contributed by atoms with van der Waals surface area (Å²) in [4.78, 5) is 3.08. The van der Waals surface area contributed by atoms with Gasteiger partial charge in [0.2, 0.25) is 0 Å². The van der Waals surface area contributed by atoms with Crippen LogP contribution >= 0.6 is 50.6 Å². The van der Waals surface area contributed by atoms with E-state index in [4.69, 9.17) is 16.3 Å². The van der Waals surface area contributed by atoms with Gasteiger partial charge in [-0.3, -0.25) is 0 Å². The van der Waals surface area contributed by atoms with E-state index in [0.717, 1.165) is 29.6 Å². The van der Waals surface area contributed by atoms with E-state index in [1.165, 1.54) is 33.7 Å². The normalized spacial score (nSPS) is 18.0. The lowest BCUT2D eigenvalue weighted by Crippen LogP contribution is -1.96. The fraction of sp³-hybridized carbons (Fsp3) is 0.375. The van der Waals surface area contributed by atoms with Crippen molar-refractivity contribution in [3.05, 3.63) is 49.7 Å². The van der Waals surface area contributed by atoms with E-state index in [1.807, 2.05) is 35.2 Å². The molecule has 3 heterocycles. The molecule has 2 aliphatic rings. The lowest BCUT2D eigenvalue weighted by molar-refractivity contribution is 0.354. The Morgan fingerprint density at radius 2 is 2.10 bits per heavy atom. The molecule has 0 fully saturated rings. The van der Waals surface area contributed by atoms with Crippen LogP contribution in [0.25, 0.3) is 0 Å². The number of rotatable bonds is 2. The summed E-state index contributed by atoms with van der Waals surface area (Å²) in [5, 5.41) is 0.801. The first-order chi connectivity index (χ1) is 10.2. The number of fused-ring (bicyclic) bond motifs is 2. The molecular formula is C16H14BrClOS2. The second-order valence-electron chi connectivity index (χ2n) is 5.34. The summed E-state index contributed by atoms with van der Waals surface area (Å²) in [5.74, 6) is 3.42. The van der Waals surface area contributed by atoms with Crippen LogP contribution in [0.1, 0.15) is 31.3 Å². The first kappa shape index (κ1) is 14.4. The van der Waals surface area contributed by atoms with E-state index in [-0.39, 0.29) is 4.83 Å². The van der Waals surface area contributed by atoms with Crippen LogP contribution in [0.4, 0.5) is 0 Å². The van der Waals surface area contributed by atoms with Crippen LogP contribution in [-0.2, 0) is 18.6 Å². The maximum Gasteiger partial charge on any atom is 0.127 e. The Morgan fingerprint density at radius 1 is 1.19 bits per heavy atom. The molecule has 5 heteroatoms. The summed E-state index contributed by atoms with van der Waals surface area (Å²) in [6.45, 7) is 0.764. The minimum absolute atomic E-state index is 0.170. The Labute approximate surface area is 146 Å². The van der Waals surface area contributed by atoms with Crippen molar-refractivity contribution in [3.63, 3.8) is 0 Å². The third kappa shape index (κ3) is 2.65. The van der Waals surface area contributed by atoms with Gasteiger partial charge in [0.15, 0.2) is 0 Å². The van der Waals surface area contributed by atoms with Crippen molar-refractivity contribution < 1.29 is 4.74 Å². The Kier molecular flexibility index (Phi) is 3.99. The number of aryl methyl sites for hydroxylation is 1. The van der Waals surface area contributed by atoms with Crippen LogP contribution in [0.5, 0.6) is 5.75 Å². The molecule has 0 aliphatic carbocycles. The maximum absolute atomic E-state index is 6.28. The lowest BCUT2D eigenvalue weighted by atomic mass is 10.0. The number of benzene rings is 1. The standard InChI is InChI=1S/C16H14BrClOS2/c17-15(14-6-10-8-20-4-2-13(10)21-14)12-7-11(18)5-9-1-3-19-16(9)12/h5-7,15H,1-4,8H2. The molecule has 0 radical (unpaired) electrons. The van der Waals surface area contributed by atoms with Gasteiger partial charge >= 0.3 is 0 Å². The molecule has 0 N–H and O–H groups in total. The van der Waals surface area contributed by atoms with Gasteiger partial charge in [-0.1, -0.05) is 27.5 Å². The summed E-state index contributed by atoms with van der Waals surface area (Å²) < 4.78 is 5.84. The highest BCUT2D eigenvalue weighted by atomic mass is 79.9. The molecule has 1 nitrogen and oxygen atoms in total. The van der Waals surface area contributed by atoms with Gasteiger partial charge in [0.1, 0.15) is 5.75 Å². The van der Waals surface area contributed by atoms with Crippen LogP contribution in [0.2, 0.25) is 5.02 Å². The van der Waals surface area contributed by atoms with Crippen LogP contribution in [-0.4, -0.2) is 12.4 Å². The van der Waals surface area contributed by atoms with E-state index < -0.39 is 0 Å².